The quantitative estimate of drug-likeness (QED) is 0.519. The Kier molecular flexibility index (Phi) is 1.73. The molecule has 0 bridgehead atoms. The average molecular weight is 121 g/mol. The molecule has 1 aliphatic rings. The molecule has 1 rings (SSSR count). The van der Waals surface area contributed by atoms with E-state index in [1.54, 1.807) is 0 Å². The van der Waals surface area contributed by atoms with Crippen LogP contribution in [0.25, 0.3) is 0 Å². The molecule has 0 aliphatic heterocycles. The zero-order valence-electron chi connectivity index (χ0n) is 5.59. The van der Waals surface area contributed by atoms with Gasteiger partial charge < -0.3 is 5.73 Å². The Balaban J connectivity index is 2.73. The van der Waals surface area contributed by atoms with Gasteiger partial charge in [-0.2, -0.15) is 0 Å². The van der Waals surface area contributed by atoms with E-state index in [-0.39, 0.29) is 0 Å². The second-order valence-corrected chi connectivity index (χ2v) is 2.14. The molecule has 0 fully saturated rings. The van der Waals surface area contributed by atoms with Gasteiger partial charge in [-0.05, 0) is 18.6 Å². The molecule has 0 amide bonds. The fourth-order valence-corrected chi connectivity index (χ4v) is 0.847. The van der Waals surface area contributed by atoms with Gasteiger partial charge in [0.1, 0.15) is 0 Å². The standard InChI is InChI=1S/C8H11N/c1-2-7-4-3-5-8(9)6-7/h2-5H,6,9H2,1H3. The first kappa shape index (κ1) is 6.14. The van der Waals surface area contributed by atoms with Gasteiger partial charge in [0.05, 0.1) is 0 Å². The van der Waals surface area contributed by atoms with Crippen molar-refractivity contribution in [3.8, 4) is 0 Å². The van der Waals surface area contributed by atoms with Gasteiger partial charge in [0.25, 0.3) is 0 Å². The van der Waals surface area contributed by atoms with E-state index in [1.807, 2.05) is 19.1 Å². The second kappa shape index (κ2) is 2.53. The Morgan fingerprint density at radius 1 is 1.67 bits per heavy atom. The van der Waals surface area contributed by atoms with E-state index in [9.17, 15) is 0 Å². The third-order valence-corrected chi connectivity index (χ3v) is 1.40. The fraction of sp³-hybridized carbons (Fsp3) is 0.250. The van der Waals surface area contributed by atoms with Gasteiger partial charge in [0, 0.05) is 12.1 Å². The summed E-state index contributed by atoms with van der Waals surface area (Å²) in [4.78, 5) is 0. The molecule has 0 unspecified atom stereocenters. The number of hydrogen-bond acceptors (Lipinski definition) is 1. The smallest absolute Gasteiger partial charge is 0.0125 e. The molecule has 1 aliphatic carbocycles. The van der Waals surface area contributed by atoms with E-state index < -0.39 is 0 Å². The maximum absolute atomic E-state index is 5.57. The maximum Gasteiger partial charge on any atom is 0.0125 e. The summed E-state index contributed by atoms with van der Waals surface area (Å²) >= 11 is 0. The lowest BCUT2D eigenvalue weighted by Gasteiger charge is -2.04. The van der Waals surface area contributed by atoms with Crippen LogP contribution in [0.4, 0.5) is 0 Å². The van der Waals surface area contributed by atoms with Crippen molar-refractivity contribution in [3.63, 3.8) is 0 Å². The second-order valence-electron chi connectivity index (χ2n) is 2.14. The van der Waals surface area contributed by atoms with Gasteiger partial charge >= 0.3 is 0 Å². The van der Waals surface area contributed by atoms with Gasteiger partial charge in [-0.3, -0.25) is 0 Å². The summed E-state index contributed by atoms with van der Waals surface area (Å²) in [6.07, 6.45) is 8.99. The van der Waals surface area contributed by atoms with Gasteiger partial charge in [-0.25, -0.2) is 0 Å². The molecule has 48 valence electrons. The number of allylic oxidation sites excluding steroid dienone is 5. The van der Waals surface area contributed by atoms with E-state index in [2.05, 4.69) is 12.2 Å². The van der Waals surface area contributed by atoms with E-state index in [0.717, 1.165) is 12.1 Å². The molecule has 0 saturated carbocycles. The first-order valence-electron chi connectivity index (χ1n) is 3.11. The van der Waals surface area contributed by atoms with Crippen LogP contribution >= 0.6 is 0 Å². The zero-order valence-corrected chi connectivity index (χ0v) is 5.59. The van der Waals surface area contributed by atoms with E-state index in [4.69, 9.17) is 5.73 Å². The third kappa shape index (κ3) is 1.46. The lowest BCUT2D eigenvalue weighted by atomic mass is 10.1. The first-order chi connectivity index (χ1) is 4.33. The molecule has 0 heterocycles. The van der Waals surface area contributed by atoms with Crippen molar-refractivity contribution in [2.75, 3.05) is 0 Å². The van der Waals surface area contributed by atoms with Crippen molar-refractivity contribution in [2.24, 2.45) is 5.73 Å². The fourth-order valence-electron chi connectivity index (χ4n) is 0.847. The molecule has 1 heteroatoms. The van der Waals surface area contributed by atoms with E-state index in [1.165, 1.54) is 5.57 Å². The molecule has 1 nitrogen and oxygen atoms in total. The van der Waals surface area contributed by atoms with Crippen molar-refractivity contribution in [3.05, 3.63) is 35.6 Å². The summed E-state index contributed by atoms with van der Waals surface area (Å²) in [6.45, 7) is 2.03. The van der Waals surface area contributed by atoms with Gasteiger partial charge in [0.15, 0.2) is 0 Å². The molecule has 2 N–H and O–H groups in total. The molecule has 0 aromatic heterocycles. The minimum Gasteiger partial charge on any atom is -0.402 e. The SMILES string of the molecule is CC=C1C=CC=C(N)C1. The summed E-state index contributed by atoms with van der Waals surface area (Å²) < 4.78 is 0. The summed E-state index contributed by atoms with van der Waals surface area (Å²) in [5.41, 5.74) is 7.82. The topological polar surface area (TPSA) is 26.0 Å². The van der Waals surface area contributed by atoms with Gasteiger partial charge in [-0.15, -0.1) is 0 Å². The molecule has 0 saturated heterocycles. The molecular weight excluding hydrogens is 110 g/mol. The summed E-state index contributed by atoms with van der Waals surface area (Å²) in [5, 5.41) is 0. The monoisotopic (exact) mass is 121 g/mol. The predicted octanol–water partition coefficient (Wildman–Crippen LogP) is 1.74. The van der Waals surface area contributed by atoms with Crippen LogP contribution in [0.2, 0.25) is 0 Å². The van der Waals surface area contributed by atoms with Crippen LogP contribution in [-0.2, 0) is 0 Å². The van der Waals surface area contributed by atoms with Gasteiger partial charge in [0.2, 0.25) is 0 Å². The summed E-state index contributed by atoms with van der Waals surface area (Å²) in [5.74, 6) is 0. The molecule has 0 atom stereocenters. The zero-order chi connectivity index (χ0) is 6.69. The van der Waals surface area contributed by atoms with Crippen molar-refractivity contribution in [1.29, 1.82) is 0 Å². The summed E-state index contributed by atoms with van der Waals surface area (Å²) in [6, 6.07) is 0. The number of hydrogen-bond donors (Lipinski definition) is 1. The Bertz CT molecular complexity index is 185. The highest BCUT2D eigenvalue weighted by molar-refractivity contribution is 5.32. The van der Waals surface area contributed by atoms with Crippen LogP contribution in [-0.4, -0.2) is 0 Å². The third-order valence-electron chi connectivity index (χ3n) is 1.40. The lowest BCUT2D eigenvalue weighted by Crippen LogP contribution is -1.99. The van der Waals surface area contributed by atoms with Crippen LogP contribution in [0.3, 0.4) is 0 Å². The van der Waals surface area contributed by atoms with Crippen LogP contribution in [0.1, 0.15) is 13.3 Å². The van der Waals surface area contributed by atoms with Crippen LogP contribution < -0.4 is 5.73 Å². The highest BCUT2D eigenvalue weighted by atomic mass is 14.6. The minimum atomic E-state index is 0.910. The summed E-state index contributed by atoms with van der Waals surface area (Å²) in [7, 11) is 0. The Morgan fingerprint density at radius 3 is 2.89 bits per heavy atom. The van der Waals surface area contributed by atoms with Crippen LogP contribution in [0, 0.1) is 0 Å². The van der Waals surface area contributed by atoms with Crippen LogP contribution in [0.15, 0.2) is 35.6 Å². The maximum atomic E-state index is 5.57. The van der Waals surface area contributed by atoms with Crippen molar-refractivity contribution >= 4 is 0 Å². The Labute approximate surface area is 55.6 Å². The van der Waals surface area contributed by atoms with Crippen molar-refractivity contribution in [2.45, 2.75) is 13.3 Å². The molecule has 0 radical (unpaired) electrons. The van der Waals surface area contributed by atoms with E-state index >= 15 is 0 Å². The Morgan fingerprint density at radius 2 is 2.44 bits per heavy atom. The van der Waals surface area contributed by atoms with E-state index in [0.29, 0.717) is 0 Å². The van der Waals surface area contributed by atoms with Gasteiger partial charge in [-0.1, -0.05) is 18.2 Å². The highest BCUT2D eigenvalue weighted by Crippen LogP contribution is 2.12. The number of rotatable bonds is 0. The highest BCUT2D eigenvalue weighted by Gasteiger charge is 1.96. The molecule has 9 heavy (non-hydrogen) atoms. The Hall–Kier alpha value is -0.980. The average Bonchev–Trinajstić information content (AvgIpc) is 1.88. The normalized spacial score (nSPS) is 22.3. The molecular formula is C8H11N. The predicted molar refractivity (Wildman–Crippen MR) is 39.8 cm³/mol. The van der Waals surface area contributed by atoms with Crippen molar-refractivity contribution < 1.29 is 0 Å². The molecule has 0 aromatic carbocycles. The molecule has 0 spiro atoms. The van der Waals surface area contributed by atoms with Crippen LogP contribution in [0.5, 0.6) is 0 Å². The number of nitrogens with two attached hydrogens (primary N) is 1. The van der Waals surface area contributed by atoms with Crippen molar-refractivity contribution in [1.82, 2.24) is 0 Å². The first-order valence-corrected chi connectivity index (χ1v) is 3.11. The minimum absolute atomic E-state index is 0.910. The lowest BCUT2D eigenvalue weighted by molar-refractivity contribution is 1.09. The largest absolute Gasteiger partial charge is 0.402 e. The molecule has 0 aromatic rings.